The SMILES string of the molecule is c1ccc(COc2ccc(N(Cc3ccc4ccccc4c3)C3CC3)cc2)cc1. The number of anilines is 1. The van der Waals surface area contributed by atoms with Crippen LogP contribution in [0.2, 0.25) is 0 Å². The summed E-state index contributed by atoms with van der Waals surface area (Å²) in [6.07, 6.45) is 2.56. The standard InChI is InChI=1S/C27H25NO/c1-2-6-21(7-3-1)20-29-27-16-14-26(15-17-27)28(25-12-13-25)19-22-10-11-23-8-4-5-9-24(23)18-22/h1-11,14-18,25H,12-13,19-20H2. The molecular formula is C27H25NO. The van der Waals surface area contributed by atoms with E-state index >= 15 is 0 Å². The fraction of sp³-hybridized carbons (Fsp3) is 0.185. The summed E-state index contributed by atoms with van der Waals surface area (Å²) in [5, 5.41) is 2.61. The summed E-state index contributed by atoms with van der Waals surface area (Å²) in [6.45, 7) is 1.54. The topological polar surface area (TPSA) is 12.5 Å². The van der Waals surface area contributed by atoms with Crippen molar-refractivity contribution >= 4 is 16.5 Å². The Morgan fingerprint density at radius 1 is 0.690 bits per heavy atom. The summed E-state index contributed by atoms with van der Waals surface area (Å²) in [5.74, 6) is 0.916. The van der Waals surface area contributed by atoms with Crippen LogP contribution < -0.4 is 9.64 Å². The van der Waals surface area contributed by atoms with Crippen molar-refractivity contribution in [3.63, 3.8) is 0 Å². The van der Waals surface area contributed by atoms with Crippen LogP contribution in [-0.4, -0.2) is 6.04 Å². The molecular weight excluding hydrogens is 354 g/mol. The fourth-order valence-electron chi connectivity index (χ4n) is 3.83. The van der Waals surface area contributed by atoms with Gasteiger partial charge in [-0.05, 0) is 65.1 Å². The average molecular weight is 380 g/mol. The highest BCUT2D eigenvalue weighted by Gasteiger charge is 2.29. The van der Waals surface area contributed by atoms with Gasteiger partial charge in [0.05, 0.1) is 0 Å². The maximum Gasteiger partial charge on any atom is 0.119 e. The first kappa shape index (κ1) is 17.8. The molecule has 0 unspecified atom stereocenters. The van der Waals surface area contributed by atoms with Crippen molar-refractivity contribution in [2.45, 2.75) is 32.0 Å². The molecule has 0 saturated heterocycles. The molecule has 29 heavy (non-hydrogen) atoms. The van der Waals surface area contributed by atoms with Gasteiger partial charge in [0.25, 0.3) is 0 Å². The maximum atomic E-state index is 5.95. The Bertz CT molecular complexity index is 1080. The molecule has 1 aliphatic rings. The van der Waals surface area contributed by atoms with Crippen molar-refractivity contribution in [3.05, 3.63) is 108 Å². The molecule has 144 valence electrons. The Kier molecular flexibility index (Phi) is 4.92. The van der Waals surface area contributed by atoms with Gasteiger partial charge in [-0.25, -0.2) is 0 Å². The van der Waals surface area contributed by atoms with E-state index in [1.165, 1.54) is 40.4 Å². The van der Waals surface area contributed by atoms with Gasteiger partial charge in [-0.3, -0.25) is 0 Å². The first-order valence-corrected chi connectivity index (χ1v) is 10.4. The molecule has 0 heterocycles. The number of fused-ring (bicyclic) bond motifs is 1. The highest BCUT2D eigenvalue weighted by Crippen LogP contribution is 2.34. The van der Waals surface area contributed by atoms with E-state index < -0.39 is 0 Å². The van der Waals surface area contributed by atoms with Gasteiger partial charge in [0.15, 0.2) is 0 Å². The van der Waals surface area contributed by atoms with Gasteiger partial charge in [-0.15, -0.1) is 0 Å². The van der Waals surface area contributed by atoms with Crippen molar-refractivity contribution in [2.24, 2.45) is 0 Å². The van der Waals surface area contributed by atoms with Crippen molar-refractivity contribution in [3.8, 4) is 5.75 Å². The quantitative estimate of drug-likeness (QED) is 0.359. The van der Waals surface area contributed by atoms with E-state index in [-0.39, 0.29) is 0 Å². The third-order valence-electron chi connectivity index (χ3n) is 5.57. The number of hydrogen-bond acceptors (Lipinski definition) is 2. The minimum Gasteiger partial charge on any atom is -0.489 e. The number of benzene rings is 4. The van der Waals surface area contributed by atoms with Gasteiger partial charge in [0.2, 0.25) is 0 Å². The van der Waals surface area contributed by atoms with Crippen LogP contribution >= 0.6 is 0 Å². The van der Waals surface area contributed by atoms with Gasteiger partial charge in [0.1, 0.15) is 12.4 Å². The predicted molar refractivity (Wildman–Crippen MR) is 120 cm³/mol. The highest BCUT2D eigenvalue weighted by molar-refractivity contribution is 5.83. The molecule has 1 aliphatic carbocycles. The summed E-state index contributed by atoms with van der Waals surface area (Å²) in [4.78, 5) is 2.53. The maximum absolute atomic E-state index is 5.95. The number of nitrogens with zero attached hydrogens (tertiary/aromatic N) is 1. The molecule has 2 nitrogen and oxygen atoms in total. The number of ether oxygens (including phenoxy) is 1. The van der Waals surface area contributed by atoms with Crippen LogP contribution in [-0.2, 0) is 13.2 Å². The molecule has 4 aromatic rings. The van der Waals surface area contributed by atoms with E-state index in [0.29, 0.717) is 12.6 Å². The second-order valence-corrected chi connectivity index (χ2v) is 7.81. The van der Waals surface area contributed by atoms with E-state index in [1.54, 1.807) is 0 Å². The summed E-state index contributed by atoms with van der Waals surface area (Å²) < 4.78 is 5.95. The second kappa shape index (κ2) is 8.00. The zero-order valence-electron chi connectivity index (χ0n) is 16.5. The van der Waals surface area contributed by atoms with Crippen LogP contribution in [0, 0.1) is 0 Å². The third kappa shape index (κ3) is 4.27. The molecule has 0 aliphatic heterocycles. The Morgan fingerprint density at radius 2 is 1.41 bits per heavy atom. The zero-order chi connectivity index (χ0) is 19.5. The molecule has 0 atom stereocenters. The molecule has 0 radical (unpaired) electrons. The van der Waals surface area contributed by atoms with Gasteiger partial charge in [-0.2, -0.15) is 0 Å². The average Bonchev–Trinajstić information content (AvgIpc) is 3.62. The molecule has 1 fully saturated rings. The lowest BCUT2D eigenvalue weighted by Crippen LogP contribution is -2.24. The van der Waals surface area contributed by atoms with E-state index in [1.807, 2.05) is 18.2 Å². The number of rotatable bonds is 7. The van der Waals surface area contributed by atoms with Crippen LogP contribution in [0.5, 0.6) is 5.75 Å². The lowest BCUT2D eigenvalue weighted by molar-refractivity contribution is 0.306. The van der Waals surface area contributed by atoms with Crippen LogP contribution in [0.1, 0.15) is 24.0 Å². The van der Waals surface area contributed by atoms with Crippen molar-refractivity contribution in [1.82, 2.24) is 0 Å². The molecule has 0 amide bonds. The first-order valence-electron chi connectivity index (χ1n) is 10.4. The molecule has 1 saturated carbocycles. The monoisotopic (exact) mass is 379 g/mol. The Balaban J connectivity index is 1.30. The van der Waals surface area contributed by atoms with Crippen LogP contribution in [0.15, 0.2) is 97.1 Å². The first-order chi connectivity index (χ1) is 14.3. The third-order valence-corrected chi connectivity index (χ3v) is 5.57. The Morgan fingerprint density at radius 3 is 2.17 bits per heavy atom. The molecule has 4 aromatic carbocycles. The Hall–Kier alpha value is -3.26. The minimum atomic E-state index is 0.601. The summed E-state index contributed by atoms with van der Waals surface area (Å²) in [7, 11) is 0. The fourth-order valence-corrected chi connectivity index (χ4v) is 3.83. The lowest BCUT2D eigenvalue weighted by Gasteiger charge is -2.25. The molecule has 2 heteroatoms. The molecule has 0 spiro atoms. The summed E-state index contributed by atoms with van der Waals surface area (Å²) in [6, 6.07) is 34.9. The molecule has 0 aromatic heterocycles. The second-order valence-electron chi connectivity index (χ2n) is 7.81. The van der Waals surface area contributed by atoms with Crippen molar-refractivity contribution in [2.75, 3.05) is 4.90 Å². The largest absolute Gasteiger partial charge is 0.489 e. The lowest BCUT2D eigenvalue weighted by atomic mass is 10.1. The van der Waals surface area contributed by atoms with E-state index in [4.69, 9.17) is 4.74 Å². The zero-order valence-corrected chi connectivity index (χ0v) is 16.5. The van der Waals surface area contributed by atoms with Crippen LogP contribution in [0.25, 0.3) is 10.8 Å². The number of hydrogen-bond donors (Lipinski definition) is 0. The minimum absolute atomic E-state index is 0.601. The predicted octanol–water partition coefficient (Wildman–Crippen LogP) is 6.59. The van der Waals surface area contributed by atoms with Crippen molar-refractivity contribution in [1.29, 1.82) is 0 Å². The van der Waals surface area contributed by atoms with Crippen molar-refractivity contribution < 1.29 is 4.74 Å². The van der Waals surface area contributed by atoms with Gasteiger partial charge in [0, 0.05) is 18.3 Å². The summed E-state index contributed by atoms with van der Waals surface area (Å²) >= 11 is 0. The van der Waals surface area contributed by atoms with E-state index in [0.717, 1.165) is 12.3 Å². The van der Waals surface area contributed by atoms with Gasteiger partial charge >= 0.3 is 0 Å². The molecule has 0 bridgehead atoms. The highest BCUT2D eigenvalue weighted by atomic mass is 16.5. The molecule has 5 rings (SSSR count). The van der Waals surface area contributed by atoms with E-state index in [2.05, 4.69) is 83.8 Å². The van der Waals surface area contributed by atoms with Gasteiger partial charge in [-0.1, -0.05) is 66.7 Å². The van der Waals surface area contributed by atoms with E-state index in [9.17, 15) is 0 Å². The van der Waals surface area contributed by atoms with Crippen LogP contribution in [0.3, 0.4) is 0 Å². The molecule has 0 N–H and O–H groups in total. The Labute approximate surface area is 172 Å². The summed E-state index contributed by atoms with van der Waals surface area (Å²) in [5.41, 5.74) is 3.82. The van der Waals surface area contributed by atoms with Crippen LogP contribution in [0.4, 0.5) is 5.69 Å². The normalized spacial score (nSPS) is 13.4. The smallest absolute Gasteiger partial charge is 0.119 e. The van der Waals surface area contributed by atoms with Gasteiger partial charge < -0.3 is 9.64 Å².